The van der Waals surface area contributed by atoms with Crippen molar-refractivity contribution in [2.24, 2.45) is 5.41 Å². The van der Waals surface area contributed by atoms with Crippen LogP contribution in [0.5, 0.6) is 0 Å². The average molecular weight is 468 g/mol. The minimum atomic E-state index is -0.0876. The van der Waals surface area contributed by atoms with Crippen LogP contribution in [-0.2, 0) is 13.0 Å². The van der Waals surface area contributed by atoms with Crippen LogP contribution in [0.3, 0.4) is 0 Å². The number of nitrogens with zero attached hydrogens (tertiary/aromatic N) is 3. The van der Waals surface area contributed by atoms with E-state index >= 15 is 0 Å². The Morgan fingerprint density at radius 3 is 2.73 bits per heavy atom. The van der Waals surface area contributed by atoms with Crippen molar-refractivity contribution in [1.29, 1.82) is 0 Å². The van der Waals surface area contributed by atoms with E-state index in [0.29, 0.717) is 23.3 Å². The number of carbonyl (C=O) groups excluding carboxylic acids is 1. The molecule has 2 aliphatic carbocycles. The van der Waals surface area contributed by atoms with Gasteiger partial charge in [-0.1, -0.05) is 49.9 Å². The summed E-state index contributed by atoms with van der Waals surface area (Å²) in [5.41, 5.74) is 3.21. The number of halogens is 1. The van der Waals surface area contributed by atoms with Crippen molar-refractivity contribution in [2.75, 3.05) is 23.3 Å². The Morgan fingerprint density at radius 1 is 1.21 bits per heavy atom. The summed E-state index contributed by atoms with van der Waals surface area (Å²) >= 11 is 6.42. The van der Waals surface area contributed by atoms with Gasteiger partial charge in [0.05, 0.1) is 0 Å². The predicted octanol–water partition coefficient (Wildman–Crippen LogP) is 5.36. The molecule has 1 spiro atoms. The molecule has 1 aromatic heterocycles. The topological polar surface area (TPSA) is 70.2 Å². The third-order valence-corrected chi connectivity index (χ3v) is 7.95. The molecule has 176 valence electrons. The molecule has 3 aliphatic rings. The summed E-state index contributed by atoms with van der Waals surface area (Å²) in [5, 5.41) is 7.41. The number of amides is 1. The van der Waals surface area contributed by atoms with E-state index < -0.39 is 0 Å². The fourth-order valence-electron chi connectivity index (χ4n) is 5.20. The summed E-state index contributed by atoms with van der Waals surface area (Å²) < 4.78 is 0. The third-order valence-electron chi connectivity index (χ3n) is 7.60. The highest BCUT2D eigenvalue weighted by molar-refractivity contribution is 6.31. The molecule has 1 aromatic carbocycles. The lowest BCUT2D eigenvalue weighted by Crippen LogP contribution is -2.36. The van der Waals surface area contributed by atoms with Gasteiger partial charge in [-0.15, -0.1) is 0 Å². The molecule has 6 nitrogen and oxygen atoms in total. The number of carbonyl (C=O) groups is 1. The fraction of sp³-hybridized carbons (Fsp3) is 0.577. The molecule has 2 N–H and O–H groups in total. The molecule has 7 heteroatoms. The molecule has 1 saturated heterocycles. The Bertz CT molecular complexity index is 1020. The van der Waals surface area contributed by atoms with Crippen LogP contribution < -0.4 is 15.5 Å². The minimum Gasteiger partial charge on any atom is -0.365 e. The molecular weight excluding hydrogens is 434 g/mol. The Morgan fingerprint density at radius 2 is 2.03 bits per heavy atom. The maximum atomic E-state index is 13.2. The molecule has 3 fully saturated rings. The largest absolute Gasteiger partial charge is 0.365 e. The number of anilines is 2. The van der Waals surface area contributed by atoms with E-state index in [9.17, 15) is 4.79 Å². The van der Waals surface area contributed by atoms with Gasteiger partial charge in [0.1, 0.15) is 11.4 Å². The first-order valence-electron chi connectivity index (χ1n) is 12.5. The lowest BCUT2D eigenvalue weighted by molar-refractivity contribution is 0.0928. The van der Waals surface area contributed by atoms with Crippen molar-refractivity contribution in [3.63, 3.8) is 0 Å². The summed E-state index contributed by atoms with van der Waals surface area (Å²) in [6.07, 6.45) is 12.2. The van der Waals surface area contributed by atoms with Gasteiger partial charge in [-0.2, -0.15) is 4.98 Å². The SMILES string of the molecule is CCc1ccc(CNc2nc(N3CCC4(CC4)C3)ncc2C(=O)NC2CCCCC2)cc1Cl. The molecule has 2 aromatic rings. The summed E-state index contributed by atoms with van der Waals surface area (Å²) in [6.45, 7) is 4.66. The lowest BCUT2D eigenvalue weighted by Gasteiger charge is -2.24. The standard InChI is InChI=1S/C26H34ClN5O/c1-2-19-9-8-18(14-22(19)27)15-28-23-21(24(33)30-20-6-4-3-5-7-20)16-29-25(31-23)32-13-12-26(17-32)10-11-26/h8-9,14,16,20H,2-7,10-13,15,17H2,1H3,(H,30,33)(H,28,29,31). The van der Waals surface area contributed by atoms with Crippen LogP contribution >= 0.6 is 11.6 Å². The molecule has 0 bridgehead atoms. The normalized spacial score (nSPS) is 19.6. The number of aromatic nitrogens is 2. The van der Waals surface area contributed by atoms with Crippen LogP contribution in [0.25, 0.3) is 0 Å². The van der Waals surface area contributed by atoms with Gasteiger partial charge in [-0.3, -0.25) is 4.79 Å². The number of rotatable bonds is 7. The van der Waals surface area contributed by atoms with Crippen molar-refractivity contribution >= 4 is 29.3 Å². The van der Waals surface area contributed by atoms with Crippen molar-refractivity contribution in [1.82, 2.24) is 15.3 Å². The zero-order chi connectivity index (χ0) is 22.8. The molecule has 2 saturated carbocycles. The van der Waals surface area contributed by atoms with Gasteiger partial charge >= 0.3 is 0 Å². The van der Waals surface area contributed by atoms with E-state index in [1.807, 2.05) is 6.07 Å². The maximum Gasteiger partial charge on any atom is 0.256 e. The monoisotopic (exact) mass is 467 g/mol. The van der Waals surface area contributed by atoms with Crippen LogP contribution in [0.2, 0.25) is 5.02 Å². The van der Waals surface area contributed by atoms with Crippen molar-refractivity contribution < 1.29 is 4.79 Å². The van der Waals surface area contributed by atoms with Gasteiger partial charge in [0.25, 0.3) is 5.91 Å². The van der Waals surface area contributed by atoms with Crippen molar-refractivity contribution in [3.05, 3.63) is 46.1 Å². The van der Waals surface area contributed by atoms with Gasteiger partial charge in [0.2, 0.25) is 5.95 Å². The molecule has 1 aliphatic heterocycles. The second-order valence-electron chi connectivity index (χ2n) is 10.0. The third kappa shape index (κ3) is 5.11. The first-order valence-corrected chi connectivity index (χ1v) is 12.9. The average Bonchev–Trinajstić information content (AvgIpc) is 3.46. The highest BCUT2D eigenvalue weighted by Gasteiger charge is 2.48. The smallest absolute Gasteiger partial charge is 0.256 e. The Balaban J connectivity index is 1.36. The molecule has 33 heavy (non-hydrogen) atoms. The predicted molar refractivity (Wildman–Crippen MR) is 133 cm³/mol. The number of aryl methyl sites for hydroxylation is 1. The molecule has 5 rings (SSSR count). The minimum absolute atomic E-state index is 0.0876. The van der Waals surface area contributed by atoms with Crippen LogP contribution in [0.1, 0.15) is 79.8 Å². The van der Waals surface area contributed by atoms with E-state index in [4.69, 9.17) is 16.6 Å². The van der Waals surface area contributed by atoms with Crippen LogP contribution in [0, 0.1) is 5.41 Å². The molecule has 0 radical (unpaired) electrons. The number of benzene rings is 1. The highest BCUT2D eigenvalue weighted by atomic mass is 35.5. The Kier molecular flexibility index (Phi) is 6.46. The first-order chi connectivity index (χ1) is 16.0. The second kappa shape index (κ2) is 9.49. The summed E-state index contributed by atoms with van der Waals surface area (Å²) in [6, 6.07) is 6.39. The zero-order valence-corrected chi connectivity index (χ0v) is 20.3. The lowest BCUT2D eigenvalue weighted by atomic mass is 9.95. The van der Waals surface area contributed by atoms with Crippen LogP contribution in [0.4, 0.5) is 11.8 Å². The summed E-state index contributed by atoms with van der Waals surface area (Å²) in [5.74, 6) is 1.23. The maximum absolute atomic E-state index is 13.2. The number of hydrogen-bond donors (Lipinski definition) is 2. The Hall–Kier alpha value is -2.34. The van der Waals surface area contributed by atoms with Gasteiger partial charge in [-0.05, 0) is 61.1 Å². The van der Waals surface area contributed by atoms with Crippen LogP contribution in [-0.4, -0.2) is 35.0 Å². The zero-order valence-electron chi connectivity index (χ0n) is 19.5. The van der Waals surface area contributed by atoms with Crippen molar-refractivity contribution in [2.45, 2.75) is 77.3 Å². The van der Waals surface area contributed by atoms with Gasteiger partial charge in [0.15, 0.2) is 0 Å². The van der Waals surface area contributed by atoms with E-state index in [1.165, 1.54) is 38.5 Å². The summed E-state index contributed by atoms with van der Waals surface area (Å²) in [7, 11) is 0. The van der Waals surface area contributed by atoms with E-state index in [1.54, 1.807) is 6.20 Å². The first kappa shape index (κ1) is 22.5. The molecular formula is C26H34ClN5O. The summed E-state index contributed by atoms with van der Waals surface area (Å²) in [4.78, 5) is 24.9. The molecule has 2 heterocycles. The van der Waals surface area contributed by atoms with Crippen molar-refractivity contribution in [3.8, 4) is 0 Å². The molecule has 0 unspecified atom stereocenters. The van der Waals surface area contributed by atoms with Gasteiger partial charge in [-0.25, -0.2) is 4.98 Å². The fourth-order valence-corrected chi connectivity index (χ4v) is 5.54. The van der Waals surface area contributed by atoms with E-state index in [2.05, 4.69) is 39.6 Å². The quantitative estimate of drug-likeness (QED) is 0.573. The highest BCUT2D eigenvalue weighted by Crippen LogP contribution is 2.53. The van der Waals surface area contributed by atoms with Crippen LogP contribution in [0.15, 0.2) is 24.4 Å². The second-order valence-corrected chi connectivity index (χ2v) is 10.5. The Labute approximate surface area is 201 Å². The van der Waals surface area contributed by atoms with Gasteiger partial charge in [0, 0.05) is 36.9 Å². The van der Waals surface area contributed by atoms with Gasteiger partial charge < -0.3 is 15.5 Å². The van der Waals surface area contributed by atoms with E-state index in [0.717, 1.165) is 54.4 Å². The molecule has 1 amide bonds. The molecule has 0 atom stereocenters. The number of nitrogens with one attached hydrogen (secondary N) is 2. The number of hydrogen-bond acceptors (Lipinski definition) is 5. The van der Waals surface area contributed by atoms with E-state index in [-0.39, 0.29) is 11.9 Å².